The second kappa shape index (κ2) is 10.5. The summed E-state index contributed by atoms with van der Waals surface area (Å²) in [7, 11) is 0. The number of likely N-dealkylation sites (tertiary alicyclic amines) is 1. The highest BCUT2D eigenvalue weighted by atomic mass is 35.5. The van der Waals surface area contributed by atoms with Crippen LogP contribution in [0.2, 0.25) is 0 Å². The van der Waals surface area contributed by atoms with E-state index in [1.807, 2.05) is 6.07 Å². The number of amides is 1. The van der Waals surface area contributed by atoms with Gasteiger partial charge < -0.3 is 15.1 Å². The van der Waals surface area contributed by atoms with Gasteiger partial charge >= 0.3 is 0 Å². The molecule has 2 aliphatic rings. The average molecular weight is 425 g/mol. The highest BCUT2D eigenvalue weighted by Gasteiger charge is 2.33. The van der Waals surface area contributed by atoms with E-state index in [9.17, 15) is 4.79 Å². The van der Waals surface area contributed by atoms with E-state index in [1.54, 1.807) is 17.2 Å². The lowest BCUT2D eigenvalue weighted by atomic mass is 9.89. The molecule has 0 bridgehead atoms. The molecule has 2 aliphatic heterocycles. The topological polar surface area (TPSA) is 96.0 Å². The minimum absolute atomic E-state index is 0. The van der Waals surface area contributed by atoms with Crippen LogP contribution in [0.5, 0.6) is 0 Å². The summed E-state index contributed by atoms with van der Waals surface area (Å²) in [6.45, 7) is 4.81. The summed E-state index contributed by atoms with van der Waals surface area (Å²) >= 11 is 0. The molecule has 1 amide bonds. The number of anilines is 1. The van der Waals surface area contributed by atoms with Crippen LogP contribution in [-0.2, 0) is 4.79 Å². The number of carbonyl (C=O) groups excluding carboxylic acids is 1. The Balaban J connectivity index is 0.00000196. The van der Waals surface area contributed by atoms with Crippen molar-refractivity contribution < 1.29 is 4.79 Å². The van der Waals surface area contributed by atoms with E-state index in [-0.39, 0.29) is 48.8 Å². The summed E-state index contributed by atoms with van der Waals surface area (Å²) in [4.78, 5) is 20.7. The van der Waals surface area contributed by atoms with E-state index in [4.69, 9.17) is 10.5 Å². The Hall–Kier alpha value is -2.06. The summed E-state index contributed by atoms with van der Waals surface area (Å²) in [6.07, 6.45) is 5.11. The number of pyridine rings is 1. The Morgan fingerprint density at radius 2 is 2.00 bits per heavy atom. The number of rotatable bonds is 4. The summed E-state index contributed by atoms with van der Waals surface area (Å²) in [5.74, 6) is 0.905. The van der Waals surface area contributed by atoms with Crippen LogP contribution in [0.1, 0.15) is 38.2 Å². The maximum Gasteiger partial charge on any atom is 0.237 e. The molecule has 1 N–H and O–H groups in total. The lowest BCUT2D eigenvalue weighted by Crippen LogP contribution is -2.54. The molecule has 0 spiro atoms. The normalized spacial score (nSPS) is 20.3. The molecule has 0 aromatic carbocycles. The number of hydrogen-bond acceptors (Lipinski definition) is 6. The maximum absolute atomic E-state index is 12.4. The molecule has 2 fully saturated rings. The van der Waals surface area contributed by atoms with E-state index in [1.165, 1.54) is 0 Å². The fraction of sp³-hybridized carbons (Fsp3) is 0.579. The standard InChI is InChI=1S/C19H24N6O.2ClH/c1-19(23-14-18(26)25-8-2-3-16(25)12-21)6-9-24(10-7-19)17-5-4-15(11-20)13-22-17;;/h4-5,13,16,23H,2-3,6-10,14H2,1H3;2*1H/t16-;;/m0../s1. The Kier molecular flexibility index (Phi) is 8.97. The summed E-state index contributed by atoms with van der Waals surface area (Å²) in [5.41, 5.74) is 0.467. The molecule has 2 saturated heterocycles. The van der Waals surface area contributed by atoms with Crippen molar-refractivity contribution in [1.29, 1.82) is 10.5 Å². The van der Waals surface area contributed by atoms with Gasteiger partial charge in [-0.3, -0.25) is 4.79 Å². The van der Waals surface area contributed by atoms with Crippen LogP contribution >= 0.6 is 24.8 Å². The fourth-order valence-electron chi connectivity index (χ4n) is 3.64. The van der Waals surface area contributed by atoms with E-state index in [0.717, 1.165) is 44.6 Å². The quantitative estimate of drug-likeness (QED) is 0.795. The predicted molar refractivity (Wildman–Crippen MR) is 112 cm³/mol. The summed E-state index contributed by atoms with van der Waals surface area (Å²) in [5, 5.41) is 21.4. The van der Waals surface area contributed by atoms with Crippen molar-refractivity contribution in [3.63, 3.8) is 0 Å². The molecule has 3 rings (SSSR count). The number of piperidine rings is 1. The van der Waals surface area contributed by atoms with Gasteiger partial charge in [0.25, 0.3) is 0 Å². The molecular weight excluding hydrogens is 399 g/mol. The largest absolute Gasteiger partial charge is 0.356 e. The van der Waals surface area contributed by atoms with E-state index in [0.29, 0.717) is 12.1 Å². The van der Waals surface area contributed by atoms with Crippen LogP contribution in [-0.4, -0.2) is 53.6 Å². The number of nitrogens with zero attached hydrogens (tertiary/aromatic N) is 5. The van der Waals surface area contributed by atoms with Crippen molar-refractivity contribution in [3.8, 4) is 12.1 Å². The first-order valence-corrected chi connectivity index (χ1v) is 9.10. The molecule has 28 heavy (non-hydrogen) atoms. The molecule has 0 unspecified atom stereocenters. The van der Waals surface area contributed by atoms with Crippen LogP contribution in [0.3, 0.4) is 0 Å². The Bertz CT molecular complexity index is 734. The molecule has 0 radical (unpaired) electrons. The summed E-state index contributed by atoms with van der Waals surface area (Å²) in [6, 6.07) is 7.71. The number of nitriles is 2. The van der Waals surface area contributed by atoms with Gasteiger partial charge in [0.15, 0.2) is 0 Å². The minimum atomic E-state index is -0.263. The third kappa shape index (κ3) is 5.48. The van der Waals surface area contributed by atoms with E-state index < -0.39 is 0 Å². The van der Waals surface area contributed by atoms with Crippen LogP contribution in [0.4, 0.5) is 5.82 Å². The Labute approximate surface area is 178 Å². The molecule has 0 saturated carbocycles. The van der Waals surface area contributed by atoms with Gasteiger partial charge in [-0.2, -0.15) is 10.5 Å². The number of halogens is 2. The molecule has 152 valence electrons. The third-order valence-corrected chi connectivity index (χ3v) is 5.46. The third-order valence-electron chi connectivity index (χ3n) is 5.46. The van der Waals surface area contributed by atoms with Crippen LogP contribution in [0, 0.1) is 22.7 Å². The van der Waals surface area contributed by atoms with Gasteiger partial charge in [0, 0.05) is 31.4 Å². The molecule has 0 aliphatic carbocycles. The minimum Gasteiger partial charge on any atom is -0.356 e. The predicted octanol–water partition coefficient (Wildman–Crippen LogP) is 2.26. The van der Waals surface area contributed by atoms with E-state index in [2.05, 4.69) is 34.3 Å². The molecular formula is C19H26Cl2N6O. The Morgan fingerprint density at radius 1 is 1.29 bits per heavy atom. The van der Waals surface area contributed by atoms with Gasteiger partial charge in [-0.05, 0) is 44.7 Å². The van der Waals surface area contributed by atoms with Gasteiger partial charge in [-0.1, -0.05) is 0 Å². The first kappa shape index (κ1) is 24.0. The van der Waals surface area contributed by atoms with Crippen LogP contribution in [0.25, 0.3) is 0 Å². The second-order valence-corrected chi connectivity index (χ2v) is 7.29. The highest BCUT2D eigenvalue weighted by molar-refractivity contribution is 5.85. The molecule has 1 aromatic heterocycles. The Morgan fingerprint density at radius 3 is 2.57 bits per heavy atom. The zero-order chi connectivity index (χ0) is 18.6. The monoisotopic (exact) mass is 424 g/mol. The zero-order valence-corrected chi connectivity index (χ0v) is 17.6. The van der Waals surface area contributed by atoms with Crippen molar-refractivity contribution in [2.24, 2.45) is 0 Å². The second-order valence-electron chi connectivity index (χ2n) is 7.29. The zero-order valence-electron chi connectivity index (χ0n) is 15.9. The molecule has 9 heteroatoms. The van der Waals surface area contributed by atoms with Gasteiger partial charge in [0.1, 0.15) is 17.9 Å². The smallest absolute Gasteiger partial charge is 0.237 e. The van der Waals surface area contributed by atoms with Gasteiger partial charge in [0.05, 0.1) is 18.2 Å². The van der Waals surface area contributed by atoms with Gasteiger partial charge in [-0.15, -0.1) is 24.8 Å². The first-order chi connectivity index (χ1) is 12.5. The van der Waals surface area contributed by atoms with Crippen LogP contribution in [0.15, 0.2) is 18.3 Å². The fourth-order valence-corrected chi connectivity index (χ4v) is 3.64. The maximum atomic E-state index is 12.4. The molecule has 1 atom stereocenters. The van der Waals surface area contributed by atoms with Crippen molar-refractivity contribution in [3.05, 3.63) is 23.9 Å². The lowest BCUT2D eigenvalue weighted by Gasteiger charge is -2.40. The molecule has 3 heterocycles. The van der Waals surface area contributed by atoms with Crippen molar-refractivity contribution in [1.82, 2.24) is 15.2 Å². The lowest BCUT2D eigenvalue weighted by molar-refractivity contribution is -0.130. The number of aromatic nitrogens is 1. The average Bonchev–Trinajstić information content (AvgIpc) is 3.16. The molecule has 1 aromatic rings. The van der Waals surface area contributed by atoms with E-state index >= 15 is 0 Å². The van der Waals surface area contributed by atoms with Crippen molar-refractivity contribution >= 4 is 36.5 Å². The first-order valence-electron chi connectivity index (χ1n) is 9.10. The number of hydrogen-bond donors (Lipinski definition) is 1. The van der Waals surface area contributed by atoms with Crippen LogP contribution < -0.4 is 10.2 Å². The highest BCUT2D eigenvalue weighted by Crippen LogP contribution is 2.25. The summed E-state index contributed by atoms with van der Waals surface area (Å²) < 4.78 is 0. The SMILES string of the molecule is CC1(NCC(=O)N2CCC[C@H]2C#N)CCN(c2ccc(C#N)cn2)CC1.Cl.Cl. The van der Waals surface area contributed by atoms with Crippen molar-refractivity contribution in [2.45, 2.75) is 44.2 Å². The number of carbonyl (C=O) groups is 1. The number of nitrogens with one attached hydrogen (secondary N) is 1. The molecule has 7 nitrogen and oxygen atoms in total. The van der Waals surface area contributed by atoms with Gasteiger partial charge in [-0.25, -0.2) is 4.98 Å². The van der Waals surface area contributed by atoms with Crippen molar-refractivity contribution in [2.75, 3.05) is 31.1 Å². The van der Waals surface area contributed by atoms with Gasteiger partial charge in [0.2, 0.25) is 5.91 Å².